The Hall–Kier alpha value is -3.60. The zero-order valence-electron chi connectivity index (χ0n) is 18.8. The Morgan fingerprint density at radius 1 is 1.21 bits per heavy atom. The number of alkyl halides is 2. The highest BCUT2D eigenvalue weighted by Gasteiger charge is 2.36. The minimum Gasteiger partial charge on any atom is -0.399 e. The molecule has 11 heteroatoms. The van der Waals surface area contributed by atoms with Gasteiger partial charge in [0.2, 0.25) is 5.95 Å². The maximum absolute atomic E-state index is 13.5. The van der Waals surface area contributed by atoms with E-state index in [0.29, 0.717) is 42.0 Å². The van der Waals surface area contributed by atoms with E-state index < -0.39 is 5.92 Å². The number of nitrogens with one attached hydrogen (secondary N) is 1. The third-order valence-corrected chi connectivity index (χ3v) is 5.72. The average molecular weight is 472 g/mol. The number of amides is 2. The van der Waals surface area contributed by atoms with Gasteiger partial charge in [-0.3, -0.25) is 19.5 Å². The van der Waals surface area contributed by atoms with Crippen molar-refractivity contribution in [3.05, 3.63) is 47.7 Å². The first-order valence-corrected chi connectivity index (χ1v) is 11.0. The third kappa shape index (κ3) is 5.14. The van der Waals surface area contributed by atoms with Crippen molar-refractivity contribution in [2.75, 3.05) is 37.9 Å². The monoisotopic (exact) mass is 472 g/mol. The predicted octanol–water partition coefficient (Wildman–Crippen LogP) is 3.17. The third-order valence-electron chi connectivity index (χ3n) is 5.72. The van der Waals surface area contributed by atoms with E-state index >= 15 is 0 Å². The number of fused-ring (bicyclic) bond motifs is 1. The standard InChI is InChI=1S/C23H26F2N6O3/c1-34-11-3-8-31-19-18(28-22(31)29-20(32)15-4-2-5-17(26)12-15)13-16(14-27-19)21(33)30-9-6-23(24,25)7-10-30/h2,4-5,12-14H,3,6-11,26H2,1H3,(H,28,29,32). The van der Waals surface area contributed by atoms with Crippen molar-refractivity contribution < 1.29 is 23.1 Å². The van der Waals surface area contributed by atoms with E-state index in [2.05, 4.69) is 15.3 Å². The molecular formula is C23H26F2N6O3. The molecule has 1 aliphatic heterocycles. The molecule has 9 nitrogen and oxygen atoms in total. The number of hydrogen-bond donors (Lipinski definition) is 2. The Balaban J connectivity index is 1.61. The number of methoxy groups -OCH3 is 1. The quantitative estimate of drug-likeness (QED) is 0.403. The van der Waals surface area contributed by atoms with E-state index in [4.69, 9.17) is 10.5 Å². The molecule has 0 bridgehead atoms. The van der Waals surface area contributed by atoms with Crippen molar-refractivity contribution in [3.8, 4) is 0 Å². The number of hydrogen-bond acceptors (Lipinski definition) is 6. The van der Waals surface area contributed by atoms with Gasteiger partial charge in [-0.15, -0.1) is 0 Å². The van der Waals surface area contributed by atoms with Crippen LogP contribution in [0.4, 0.5) is 20.4 Å². The number of benzene rings is 1. The van der Waals surface area contributed by atoms with Crippen LogP contribution < -0.4 is 11.1 Å². The molecule has 1 aromatic carbocycles. The van der Waals surface area contributed by atoms with Gasteiger partial charge in [-0.05, 0) is 30.7 Å². The first-order valence-electron chi connectivity index (χ1n) is 11.0. The van der Waals surface area contributed by atoms with Crippen molar-refractivity contribution in [1.82, 2.24) is 19.4 Å². The molecule has 0 saturated carbocycles. The van der Waals surface area contributed by atoms with Crippen molar-refractivity contribution >= 4 is 34.6 Å². The van der Waals surface area contributed by atoms with Crippen LogP contribution in [0.15, 0.2) is 36.5 Å². The molecule has 0 unspecified atom stereocenters. The lowest BCUT2D eigenvalue weighted by Crippen LogP contribution is -2.42. The number of imidazole rings is 1. The summed E-state index contributed by atoms with van der Waals surface area (Å²) in [6, 6.07) is 8.13. The molecule has 3 heterocycles. The number of ether oxygens (including phenoxy) is 1. The fourth-order valence-electron chi connectivity index (χ4n) is 3.88. The van der Waals surface area contributed by atoms with Crippen molar-refractivity contribution in [3.63, 3.8) is 0 Å². The Morgan fingerprint density at radius 2 is 1.97 bits per heavy atom. The van der Waals surface area contributed by atoms with Crippen LogP contribution in [0.3, 0.4) is 0 Å². The SMILES string of the molecule is COCCCn1c(NC(=O)c2cccc(N)c2)nc2cc(C(=O)N3CCC(F)(F)CC3)cnc21. The van der Waals surface area contributed by atoms with Gasteiger partial charge in [0.15, 0.2) is 5.65 Å². The van der Waals surface area contributed by atoms with Crippen molar-refractivity contribution in [2.24, 2.45) is 0 Å². The number of aryl methyl sites for hydroxylation is 1. The maximum atomic E-state index is 13.5. The molecule has 3 aromatic rings. The largest absolute Gasteiger partial charge is 0.399 e. The van der Waals surface area contributed by atoms with Gasteiger partial charge in [0.25, 0.3) is 17.7 Å². The number of carbonyl (C=O) groups is 2. The average Bonchev–Trinajstić information content (AvgIpc) is 3.15. The lowest BCUT2D eigenvalue weighted by atomic mass is 10.1. The topological polar surface area (TPSA) is 115 Å². The summed E-state index contributed by atoms with van der Waals surface area (Å²) in [5.41, 5.74) is 7.77. The summed E-state index contributed by atoms with van der Waals surface area (Å²) in [6.07, 6.45) is 1.34. The molecule has 1 saturated heterocycles. The molecule has 1 aliphatic rings. The van der Waals surface area contributed by atoms with Crippen LogP contribution in [0.1, 0.15) is 40.0 Å². The van der Waals surface area contributed by atoms with Gasteiger partial charge in [-0.1, -0.05) is 6.07 Å². The maximum Gasteiger partial charge on any atom is 0.258 e. The van der Waals surface area contributed by atoms with E-state index in [1.165, 1.54) is 11.1 Å². The number of halogens is 2. The van der Waals surface area contributed by atoms with E-state index in [-0.39, 0.29) is 49.3 Å². The molecule has 0 aliphatic carbocycles. The Kier molecular flexibility index (Phi) is 6.73. The molecular weight excluding hydrogens is 446 g/mol. The summed E-state index contributed by atoms with van der Waals surface area (Å²) in [5.74, 6) is -3.23. The van der Waals surface area contributed by atoms with E-state index in [0.717, 1.165) is 0 Å². The van der Waals surface area contributed by atoms with Gasteiger partial charge >= 0.3 is 0 Å². The highest BCUT2D eigenvalue weighted by Crippen LogP contribution is 2.29. The highest BCUT2D eigenvalue weighted by atomic mass is 19.3. The van der Waals surface area contributed by atoms with E-state index in [1.54, 1.807) is 42.0 Å². The molecule has 0 spiro atoms. The number of aromatic nitrogens is 3. The van der Waals surface area contributed by atoms with Crippen LogP contribution in [0.2, 0.25) is 0 Å². The van der Waals surface area contributed by atoms with Gasteiger partial charge in [0, 0.05) is 63.6 Å². The first-order chi connectivity index (χ1) is 16.3. The van der Waals surface area contributed by atoms with Gasteiger partial charge in [-0.2, -0.15) is 0 Å². The van der Waals surface area contributed by atoms with Crippen molar-refractivity contribution in [2.45, 2.75) is 31.7 Å². The Morgan fingerprint density at radius 3 is 2.68 bits per heavy atom. The molecule has 180 valence electrons. The Bertz CT molecular complexity index is 1200. The van der Waals surface area contributed by atoms with Gasteiger partial charge in [0.05, 0.1) is 5.56 Å². The number of likely N-dealkylation sites (tertiary alicyclic amines) is 1. The van der Waals surface area contributed by atoms with Crippen LogP contribution in [0.5, 0.6) is 0 Å². The van der Waals surface area contributed by atoms with Crippen molar-refractivity contribution in [1.29, 1.82) is 0 Å². The smallest absolute Gasteiger partial charge is 0.258 e. The molecule has 2 amide bonds. The minimum atomic E-state index is -2.74. The molecule has 4 rings (SSSR count). The van der Waals surface area contributed by atoms with Gasteiger partial charge in [0.1, 0.15) is 5.52 Å². The lowest BCUT2D eigenvalue weighted by Gasteiger charge is -2.31. The molecule has 2 aromatic heterocycles. The molecule has 3 N–H and O–H groups in total. The number of nitrogens with zero attached hydrogens (tertiary/aromatic N) is 4. The first kappa shape index (κ1) is 23.6. The van der Waals surface area contributed by atoms with Crippen LogP contribution in [0, 0.1) is 0 Å². The second-order valence-electron chi connectivity index (χ2n) is 8.23. The predicted molar refractivity (Wildman–Crippen MR) is 123 cm³/mol. The van der Waals surface area contributed by atoms with E-state index in [9.17, 15) is 18.4 Å². The molecule has 1 fully saturated rings. The summed E-state index contributed by atoms with van der Waals surface area (Å²) in [6.45, 7) is 0.935. The summed E-state index contributed by atoms with van der Waals surface area (Å²) in [5, 5.41) is 2.79. The summed E-state index contributed by atoms with van der Waals surface area (Å²) < 4.78 is 33.8. The molecule has 34 heavy (non-hydrogen) atoms. The Labute approximate surface area is 194 Å². The summed E-state index contributed by atoms with van der Waals surface area (Å²) >= 11 is 0. The normalized spacial score (nSPS) is 15.4. The van der Waals surface area contributed by atoms with Gasteiger partial charge < -0.3 is 15.4 Å². The minimum absolute atomic E-state index is 0.0170. The van der Waals surface area contributed by atoms with Crippen LogP contribution in [-0.4, -0.2) is 64.0 Å². The number of nitrogens with two attached hydrogens (primary N) is 1. The molecule has 0 atom stereocenters. The second kappa shape index (κ2) is 9.72. The number of rotatable bonds is 7. The van der Waals surface area contributed by atoms with Crippen LogP contribution in [0.25, 0.3) is 11.2 Å². The lowest BCUT2D eigenvalue weighted by molar-refractivity contribution is -0.0494. The molecule has 0 radical (unpaired) electrons. The fourth-order valence-corrected chi connectivity index (χ4v) is 3.88. The number of anilines is 2. The zero-order valence-corrected chi connectivity index (χ0v) is 18.8. The van der Waals surface area contributed by atoms with Gasteiger partial charge in [-0.25, -0.2) is 18.7 Å². The zero-order chi connectivity index (χ0) is 24.3. The highest BCUT2D eigenvalue weighted by molar-refractivity contribution is 6.04. The number of pyridine rings is 1. The van der Waals surface area contributed by atoms with E-state index in [1.807, 2.05) is 0 Å². The van der Waals surface area contributed by atoms with Crippen LogP contribution >= 0.6 is 0 Å². The second-order valence-corrected chi connectivity index (χ2v) is 8.23. The summed E-state index contributed by atoms with van der Waals surface area (Å²) in [4.78, 5) is 35.9. The summed E-state index contributed by atoms with van der Waals surface area (Å²) in [7, 11) is 1.60. The van der Waals surface area contributed by atoms with Crippen LogP contribution in [-0.2, 0) is 11.3 Å². The fraction of sp³-hybridized carbons (Fsp3) is 0.391. The number of nitrogen functional groups attached to an aromatic ring is 1. The number of carbonyl (C=O) groups excluding carboxylic acids is 2. The number of piperidine rings is 1.